The summed E-state index contributed by atoms with van der Waals surface area (Å²) in [5.41, 5.74) is 0. The van der Waals surface area contributed by atoms with Crippen LogP contribution in [0.1, 0.15) is 271 Å². The van der Waals surface area contributed by atoms with Gasteiger partial charge < -0.3 is 14.2 Å². The maximum absolute atomic E-state index is 12.8. The summed E-state index contributed by atoms with van der Waals surface area (Å²) in [7, 11) is 0. The van der Waals surface area contributed by atoms with Crippen molar-refractivity contribution in [3.63, 3.8) is 0 Å². The molecule has 0 radical (unpaired) electrons. The molecule has 360 valence electrons. The van der Waals surface area contributed by atoms with Crippen LogP contribution in [-0.4, -0.2) is 37.2 Å². The van der Waals surface area contributed by atoms with Crippen LogP contribution in [0.5, 0.6) is 0 Å². The van der Waals surface area contributed by atoms with Crippen LogP contribution in [-0.2, 0) is 28.6 Å². The molecule has 0 heterocycles. The van der Waals surface area contributed by atoms with Gasteiger partial charge in [-0.2, -0.15) is 0 Å². The van der Waals surface area contributed by atoms with Crippen molar-refractivity contribution in [3.05, 3.63) is 48.6 Å². The van der Waals surface area contributed by atoms with Gasteiger partial charge in [-0.05, 0) is 83.5 Å². The molecule has 0 aliphatic carbocycles. The SMILES string of the molecule is CCCCC/C=C\C/C=C\C/C=C\CCCCC(=O)OC[C@H](COC(=O)CCCCCCCCC/C=C\CCCCCCCC)OC(=O)CCCCCCCCCCCCCC. The monoisotopic (exact) mass is 869 g/mol. The number of hydrogen-bond donors (Lipinski definition) is 0. The third-order valence-corrected chi connectivity index (χ3v) is 11.6. The van der Waals surface area contributed by atoms with E-state index in [1.165, 1.54) is 161 Å². The minimum absolute atomic E-state index is 0.0851. The van der Waals surface area contributed by atoms with Crippen molar-refractivity contribution in [2.75, 3.05) is 13.2 Å². The Balaban J connectivity index is 4.40. The predicted octanol–water partition coefficient (Wildman–Crippen LogP) is 17.5. The largest absolute Gasteiger partial charge is 0.462 e. The molecule has 0 aromatic rings. The molecule has 0 aromatic heterocycles. The molecule has 0 saturated carbocycles. The van der Waals surface area contributed by atoms with E-state index in [4.69, 9.17) is 14.2 Å². The van der Waals surface area contributed by atoms with Crippen molar-refractivity contribution in [1.29, 1.82) is 0 Å². The van der Waals surface area contributed by atoms with Gasteiger partial charge >= 0.3 is 17.9 Å². The Bertz CT molecular complexity index is 1090. The highest BCUT2D eigenvalue weighted by molar-refractivity contribution is 5.71. The van der Waals surface area contributed by atoms with E-state index in [1.54, 1.807) is 0 Å². The third-order valence-electron chi connectivity index (χ3n) is 11.6. The minimum atomic E-state index is -0.786. The molecule has 0 spiro atoms. The van der Waals surface area contributed by atoms with E-state index in [0.29, 0.717) is 19.3 Å². The van der Waals surface area contributed by atoms with Gasteiger partial charge in [0.2, 0.25) is 0 Å². The quantitative estimate of drug-likeness (QED) is 0.0262. The predicted molar refractivity (Wildman–Crippen MR) is 265 cm³/mol. The first-order chi connectivity index (χ1) is 30.5. The van der Waals surface area contributed by atoms with E-state index in [0.717, 1.165) is 70.6 Å². The van der Waals surface area contributed by atoms with Gasteiger partial charge in [0.15, 0.2) is 6.10 Å². The van der Waals surface area contributed by atoms with E-state index in [1.807, 2.05) is 0 Å². The van der Waals surface area contributed by atoms with Gasteiger partial charge in [-0.3, -0.25) is 14.4 Å². The van der Waals surface area contributed by atoms with Crippen LogP contribution in [0.2, 0.25) is 0 Å². The molecule has 6 heteroatoms. The molecule has 0 aromatic carbocycles. The second kappa shape index (κ2) is 51.0. The number of unbranched alkanes of at least 4 members (excludes halogenated alkanes) is 29. The number of allylic oxidation sites excluding steroid dienone is 8. The highest BCUT2D eigenvalue weighted by atomic mass is 16.6. The van der Waals surface area contributed by atoms with Gasteiger partial charge in [0.05, 0.1) is 0 Å². The first-order valence-corrected chi connectivity index (χ1v) is 26.6. The zero-order valence-corrected chi connectivity index (χ0v) is 41.1. The first kappa shape index (κ1) is 59.4. The van der Waals surface area contributed by atoms with Crippen LogP contribution in [0.15, 0.2) is 48.6 Å². The van der Waals surface area contributed by atoms with Crippen molar-refractivity contribution in [1.82, 2.24) is 0 Å². The molecule has 0 unspecified atom stereocenters. The fourth-order valence-corrected chi connectivity index (χ4v) is 7.50. The molecule has 0 amide bonds. The normalized spacial score (nSPS) is 12.4. The molecule has 1 atom stereocenters. The van der Waals surface area contributed by atoms with E-state index in [2.05, 4.69) is 69.4 Å². The zero-order valence-electron chi connectivity index (χ0n) is 41.1. The summed E-state index contributed by atoms with van der Waals surface area (Å²) in [6.07, 6.45) is 60.9. The smallest absolute Gasteiger partial charge is 0.306 e. The number of carbonyl (C=O) groups excluding carboxylic acids is 3. The molecule has 0 aliphatic heterocycles. The molecule has 0 fully saturated rings. The Morgan fingerprint density at radius 3 is 0.984 bits per heavy atom. The molecule has 6 nitrogen and oxygen atoms in total. The molecule has 0 bridgehead atoms. The Labute approximate surface area is 384 Å². The molecule has 0 N–H and O–H groups in total. The van der Waals surface area contributed by atoms with Crippen molar-refractivity contribution in [3.8, 4) is 0 Å². The summed E-state index contributed by atoms with van der Waals surface area (Å²) in [6, 6.07) is 0. The van der Waals surface area contributed by atoms with Crippen LogP contribution in [0.4, 0.5) is 0 Å². The number of carbonyl (C=O) groups is 3. The summed E-state index contributed by atoms with van der Waals surface area (Å²) in [4.78, 5) is 38.0. The molecular formula is C56H100O6. The lowest BCUT2D eigenvalue weighted by Gasteiger charge is -2.18. The fraction of sp³-hybridized carbons (Fsp3) is 0.804. The Hall–Kier alpha value is -2.63. The molecule has 0 saturated heterocycles. The average Bonchev–Trinajstić information content (AvgIpc) is 3.27. The van der Waals surface area contributed by atoms with Crippen LogP contribution in [0.25, 0.3) is 0 Å². The average molecular weight is 869 g/mol. The minimum Gasteiger partial charge on any atom is -0.462 e. The number of esters is 3. The number of rotatable bonds is 48. The molecular weight excluding hydrogens is 769 g/mol. The first-order valence-electron chi connectivity index (χ1n) is 26.6. The summed E-state index contributed by atoms with van der Waals surface area (Å²) in [5, 5.41) is 0. The number of hydrogen-bond acceptors (Lipinski definition) is 6. The summed E-state index contributed by atoms with van der Waals surface area (Å²) in [5.74, 6) is -0.920. The molecule has 0 aliphatic rings. The van der Waals surface area contributed by atoms with Crippen LogP contribution in [0.3, 0.4) is 0 Å². The lowest BCUT2D eigenvalue weighted by Crippen LogP contribution is -2.30. The van der Waals surface area contributed by atoms with E-state index < -0.39 is 6.10 Å². The van der Waals surface area contributed by atoms with E-state index in [9.17, 15) is 14.4 Å². The summed E-state index contributed by atoms with van der Waals surface area (Å²) in [6.45, 7) is 6.58. The topological polar surface area (TPSA) is 78.9 Å². The van der Waals surface area contributed by atoms with Gasteiger partial charge in [0.1, 0.15) is 13.2 Å². The Morgan fingerprint density at radius 2 is 0.581 bits per heavy atom. The van der Waals surface area contributed by atoms with Crippen LogP contribution >= 0.6 is 0 Å². The van der Waals surface area contributed by atoms with Crippen LogP contribution < -0.4 is 0 Å². The standard InChI is InChI=1S/C56H100O6/c1-4-7-10-13-16-19-22-25-27-28-30-32-35-37-40-43-46-49-55(58)61-52-53(62-56(59)50-47-44-41-38-33-24-21-18-15-12-9-6-3)51-60-54(57)48-45-42-39-36-34-31-29-26-23-20-17-14-11-8-5-2/h17,20,25-27,29,34,36,53H,4-16,18-19,21-24,28,30-33,35,37-52H2,1-3H3/b20-17-,27-25-,29-26-,36-34-/t53-/m1/s1. The molecule has 0 rings (SSSR count). The maximum atomic E-state index is 12.8. The maximum Gasteiger partial charge on any atom is 0.306 e. The van der Waals surface area contributed by atoms with E-state index in [-0.39, 0.29) is 31.1 Å². The van der Waals surface area contributed by atoms with Crippen molar-refractivity contribution in [2.24, 2.45) is 0 Å². The van der Waals surface area contributed by atoms with Crippen molar-refractivity contribution in [2.45, 2.75) is 277 Å². The second-order valence-electron chi connectivity index (χ2n) is 17.8. The van der Waals surface area contributed by atoms with Gasteiger partial charge in [-0.1, -0.05) is 217 Å². The fourth-order valence-electron chi connectivity index (χ4n) is 7.50. The highest BCUT2D eigenvalue weighted by Gasteiger charge is 2.19. The van der Waals surface area contributed by atoms with Gasteiger partial charge in [0.25, 0.3) is 0 Å². The number of ether oxygens (including phenoxy) is 3. The highest BCUT2D eigenvalue weighted by Crippen LogP contribution is 2.15. The Kier molecular flexibility index (Phi) is 48.8. The van der Waals surface area contributed by atoms with Gasteiger partial charge in [-0.15, -0.1) is 0 Å². The second-order valence-corrected chi connectivity index (χ2v) is 17.8. The van der Waals surface area contributed by atoms with Crippen molar-refractivity contribution >= 4 is 17.9 Å². The summed E-state index contributed by atoms with van der Waals surface area (Å²) >= 11 is 0. The van der Waals surface area contributed by atoms with E-state index >= 15 is 0 Å². The van der Waals surface area contributed by atoms with Crippen LogP contribution in [0, 0.1) is 0 Å². The molecule has 62 heavy (non-hydrogen) atoms. The lowest BCUT2D eigenvalue weighted by molar-refractivity contribution is -0.167. The van der Waals surface area contributed by atoms with Crippen molar-refractivity contribution < 1.29 is 28.6 Å². The summed E-state index contributed by atoms with van der Waals surface area (Å²) < 4.78 is 16.8. The van der Waals surface area contributed by atoms with Gasteiger partial charge in [0, 0.05) is 19.3 Å². The third kappa shape index (κ3) is 48.4. The Morgan fingerprint density at radius 1 is 0.323 bits per heavy atom. The van der Waals surface area contributed by atoms with Gasteiger partial charge in [-0.25, -0.2) is 0 Å². The lowest BCUT2D eigenvalue weighted by atomic mass is 10.0. The zero-order chi connectivity index (χ0) is 45.1.